The van der Waals surface area contributed by atoms with E-state index < -0.39 is 12.1 Å². The Bertz CT molecular complexity index is 303. The summed E-state index contributed by atoms with van der Waals surface area (Å²) in [6.07, 6.45) is 0.389. The van der Waals surface area contributed by atoms with Crippen LogP contribution < -0.4 is 5.32 Å². The number of amides is 1. The van der Waals surface area contributed by atoms with Gasteiger partial charge >= 0.3 is 6.09 Å². The molecular weight excluding hydrogens is 234 g/mol. The van der Waals surface area contributed by atoms with E-state index in [4.69, 9.17) is 9.47 Å². The Hall–Kier alpha value is -1.10. The molecule has 1 fully saturated rings. The number of hydrogen-bond donors (Lipinski definition) is 1. The van der Waals surface area contributed by atoms with Gasteiger partial charge in [0.15, 0.2) is 5.78 Å². The number of rotatable bonds is 4. The molecule has 1 N–H and O–H groups in total. The van der Waals surface area contributed by atoms with Gasteiger partial charge in [0.25, 0.3) is 0 Å². The zero-order valence-electron chi connectivity index (χ0n) is 11.6. The van der Waals surface area contributed by atoms with Crippen LogP contribution in [-0.4, -0.2) is 37.7 Å². The third-order valence-corrected chi connectivity index (χ3v) is 3.01. The third kappa shape index (κ3) is 4.64. The SMILES string of the molecule is CC(=O)C(NC(=O)OCC1CCOC1)C(C)(C)C. The molecule has 1 aliphatic heterocycles. The summed E-state index contributed by atoms with van der Waals surface area (Å²) in [6, 6.07) is -0.523. The van der Waals surface area contributed by atoms with E-state index in [9.17, 15) is 9.59 Å². The van der Waals surface area contributed by atoms with E-state index >= 15 is 0 Å². The van der Waals surface area contributed by atoms with Crippen LogP contribution in [0.25, 0.3) is 0 Å². The van der Waals surface area contributed by atoms with Crippen molar-refractivity contribution in [2.45, 2.75) is 40.2 Å². The highest BCUT2D eigenvalue weighted by molar-refractivity contribution is 5.86. The van der Waals surface area contributed by atoms with Crippen molar-refractivity contribution in [2.24, 2.45) is 11.3 Å². The van der Waals surface area contributed by atoms with Crippen molar-refractivity contribution >= 4 is 11.9 Å². The van der Waals surface area contributed by atoms with Gasteiger partial charge in [-0.05, 0) is 18.8 Å². The minimum atomic E-state index is -0.531. The Labute approximate surface area is 108 Å². The predicted octanol–water partition coefficient (Wildman–Crippen LogP) is 1.75. The molecule has 5 heteroatoms. The van der Waals surface area contributed by atoms with E-state index in [0.717, 1.165) is 13.0 Å². The molecule has 1 amide bonds. The summed E-state index contributed by atoms with van der Waals surface area (Å²) in [5.74, 6) is 0.213. The number of nitrogens with one attached hydrogen (secondary N) is 1. The molecule has 0 radical (unpaired) electrons. The van der Waals surface area contributed by atoms with Crippen LogP contribution in [0.4, 0.5) is 4.79 Å². The molecule has 1 saturated heterocycles. The Morgan fingerprint density at radius 2 is 2.11 bits per heavy atom. The maximum atomic E-state index is 11.6. The molecule has 0 aromatic heterocycles. The number of hydrogen-bond acceptors (Lipinski definition) is 4. The van der Waals surface area contributed by atoms with Crippen molar-refractivity contribution in [2.75, 3.05) is 19.8 Å². The maximum absolute atomic E-state index is 11.6. The van der Waals surface area contributed by atoms with Crippen LogP contribution in [0.5, 0.6) is 0 Å². The second-order valence-corrected chi connectivity index (χ2v) is 5.88. The Balaban J connectivity index is 2.39. The first kappa shape index (κ1) is 15.0. The normalized spacial score (nSPS) is 21.4. The van der Waals surface area contributed by atoms with Crippen LogP contribution in [0.2, 0.25) is 0 Å². The molecular formula is C13H23NO4. The standard InChI is InChI=1S/C13H23NO4/c1-9(15)11(13(2,3)4)14-12(16)18-8-10-5-6-17-7-10/h10-11H,5-8H2,1-4H3,(H,14,16). The van der Waals surface area contributed by atoms with Crippen LogP contribution >= 0.6 is 0 Å². The monoisotopic (exact) mass is 257 g/mol. The molecule has 5 nitrogen and oxygen atoms in total. The Kier molecular flexibility index (Phi) is 5.14. The van der Waals surface area contributed by atoms with Gasteiger partial charge in [-0.15, -0.1) is 0 Å². The van der Waals surface area contributed by atoms with Crippen molar-refractivity contribution in [1.29, 1.82) is 0 Å². The number of carbonyl (C=O) groups is 2. The smallest absolute Gasteiger partial charge is 0.407 e. The molecule has 1 rings (SSSR count). The lowest BCUT2D eigenvalue weighted by atomic mass is 9.85. The van der Waals surface area contributed by atoms with Gasteiger partial charge in [0, 0.05) is 12.5 Å². The van der Waals surface area contributed by atoms with Crippen molar-refractivity contribution in [3.05, 3.63) is 0 Å². The van der Waals surface area contributed by atoms with E-state index in [1.807, 2.05) is 20.8 Å². The highest BCUT2D eigenvalue weighted by atomic mass is 16.6. The lowest BCUT2D eigenvalue weighted by Gasteiger charge is -2.29. The van der Waals surface area contributed by atoms with Crippen molar-refractivity contribution in [1.82, 2.24) is 5.32 Å². The van der Waals surface area contributed by atoms with E-state index in [0.29, 0.717) is 13.2 Å². The molecule has 18 heavy (non-hydrogen) atoms. The largest absolute Gasteiger partial charge is 0.449 e. The van der Waals surface area contributed by atoms with E-state index in [1.165, 1.54) is 6.92 Å². The summed E-state index contributed by atoms with van der Waals surface area (Å²) >= 11 is 0. The summed E-state index contributed by atoms with van der Waals surface area (Å²) in [5.41, 5.74) is -0.318. The first-order chi connectivity index (χ1) is 8.30. The highest BCUT2D eigenvalue weighted by Crippen LogP contribution is 2.20. The zero-order valence-corrected chi connectivity index (χ0v) is 11.6. The number of ketones is 1. The molecule has 0 aromatic carbocycles. The van der Waals surface area contributed by atoms with Gasteiger partial charge in [-0.1, -0.05) is 20.8 Å². The van der Waals surface area contributed by atoms with Crippen LogP contribution in [-0.2, 0) is 14.3 Å². The van der Waals surface area contributed by atoms with Crippen LogP contribution in [0.3, 0.4) is 0 Å². The average molecular weight is 257 g/mol. The van der Waals surface area contributed by atoms with Gasteiger partial charge in [-0.25, -0.2) is 4.79 Å². The second-order valence-electron chi connectivity index (χ2n) is 5.88. The van der Waals surface area contributed by atoms with Gasteiger partial charge in [-0.2, -0.15) is 0 Å². The van der Waals surface area contributed by atoms with Gasteiger partial charge in [0.2, 0.25) is 0 Å². The average Bonchev–Trinajstić information content (AvgIpc) is 2.73. The summed E-state index contributed by atoms with van der Waals surface area (Å²) in [5, 5.41) is 2.63. The minimum Gasteiger partial charge on any atom is -0.449 e. The number of Topliss-reactive ketones (excluding diaryl/α,β-unsaturated/α-hetero) is 1. The first-order valence-electron chi connectivity index (χ1n) is 6.32. The number of alkyl carbamates (subject to hydrolysis) is 1. The highest BCUT2D eigenvalue weighted by Gasteiger charge is 2.30. The third-order valence-electron chi connectivity index (χ3n) is 3.01. The van der Waals surface area contributed by atoms with Gasteiger partial charge < -0.3 is 14.8 Å². The lowest BCUT2D eigenvalue weighted by Crippen LogP contribution is -2.48. The predicted molar refractivity (Wildman–Crippen MR) is 67.3 cm³/mol. The fraction of sp³-hybridized carbons (Fsp3) is 0.846. The van der Waals surface area contributed by atoms with Crippen molar-refractivity contribution in [3.8, 4) is 0 Å². The topological polar surface area (TPSA) is 64.6 Å². The van der Waals surface area contributed by atoms with E-state index in [1.54, 1.807) is 0 Å². The molecule has 0 saturated carbocycles. The summed E-state index contributed by atoms with van der Waals surface area (Å²) < 4.78 is 10.3. The van der Waals surface area contributed by atoms with Crippen molar-refractivity contribution < 1.29 is 19.1 Å². The molecule has 2 atom stereocenters. The molecule has 0 aromatic rings. The summed E-state index contributed by atoms with van der Waals surface area (Å²) in [6.45, 7) is 8.91. The molecule has 1 heterocycles. The van der Waals surface area contributed by atoms with Crippen LogP contribution in [0.1, 0.15) is 34.1 Å². The fourth-order valence-electron chi connectivity index (χ4n) is 2.00. The molecule has 2 unspecified atom stereocenters. The van der Waals surface area contributed by atoms with Crippen LogP contribution in [0.15, 0.2) is 0 Å². The molecule has 0 aliphatic carbocycles. The van der Waals surface area contributed by atoms with E-state index in [-0.39, 0.29) is 17.1 Å². The molecule has 104 valence electrons. The molecule has 0 bridgehead atoms. The number of ether oxygens (including phenoxy) is 2. The van der Waals surface area contributed by atoms with Crippen LogP contribution in [0, 0.1) is 11.3 Å². The second kappa shape index (κ2) is 6.18. The molecule has 0 spiro atoms. The van der Waals surface area contributed by atoms with Gasteiger partial charge in [0.1, 0.15) is 0 Å². The van der Waals surface area contributed by atoms with Gasteiger partial charge in [-0.3, -0.25) is 4.79 Å². The van der Waals surface area contributed by atoms with Crippen molar-refractivity contribution in [3.63, 3.8) is 0 Å². The Morgan fingerprint density at radius 1 is 1.44 bits per heavy atom. The summed E-state index contributed by atoms with van der Waals surface area (Å²) in [7, 11) is 0. The Morgan fingerprint density at radius 3 is 2.56 bits per heavy atom. The number of carbonyl (C=O) groups excluding carboxylic acids is 2. The molecule has 1 aliphatic rings. The minimum absolute atomic E-state index is 0.0661. The zero-order chi connectivity index (χ0) is 13.8. The quantitative estimate of drug-likeness (QED) is 0.833. The first-order valence-corrected chi connectivity index (χ1v) is 6.32. The summed E-state index contributed by atoms with van der Waals surface area (Å²) in [4.78, 5) is 23.1. The maximum Gasteiger partial charge on any atom is 0.407 e. The lowest BCUT2D eigenvalue weighted by molar-refractivity contribution is -0.121. The fourth-order valence-corrected chi connectivity index (χ4v) is 2.00. The van der Waals surface area contributed by atoms with Gasteiger partial charge in [0.05, 0.1) is 19.3 Å². The van der Waals surface area contributed by atoms with E-state index in [2.05, 4.69) is 5.32 Å².